The number of fused-ring (bicyclic) bond motifs is 2. The second kappa shape index (κ2) is 6.88. The molecule has 5 heteroatoms. The Hall–Kier alpha value is -1.36. The molecule has 1 fully saturated rings. The molecule has 4 atom stereocenters. The number of ether oxygens (including phenoxy) is 3. The van der Waals surface area contributed by atoms with Crippen LogP contribution in [0, 0.1) is 17.8 Å². The molecule has 0 aromatic carbocycles. The minimum absolute atomic E-state index is 0.0911. The van der Waals surface area contributed by atoms with Crippen molar-refractivity contribution in [1.29, 1.82) is 0 Å². The maximum Gasteiger partial charge on any atom is 0.346 e. The van der Waals surface area contributed by atoms with Crippen LogP contribution in [-0.4, -0.2) is 31.4 Å². The van der Waals surface area contributed by atoms with Crippen molar-refractivity contribution in [2.75, 3.05) is 13.2 Å². The first-order valence-electron chi connectivity index (χ1n) is 7.30. The van der Waals surface area contributed by atoms with Crippen molar-refractivity contribution < 1.29 is 23.8 Å². The molecule has 0 aromatic rings. The standard InChI is InChI=1S/C15H22O5/c1-3-14(18-4-2)20-13(16)9-19-15(17)12-8-10-5-6-11(12)7-10/h5-6,10-12,14H,3-4,7-9H2,1-2H3. The fourth-order valence-corrected chi connectivity index (χ4v) is 2.89. The van der Waals surface area contributed by atoms with Gasteiger partial charge in [-0.2, -0.15) is 0 Å². The van der Waals surface area contributed by atoms with Crippen molar-refractivity contribution in [3.63, 3.8) is 0 Å². The molecule has 2 aliphatic rings. The molecular formula is C15H22O5. The van der Waals surface area contributed by atoms with E-state index in [1.165, 1.54) is 0 Å². The Kier molecular flexibility index (Phi) is 5.17. The number of hydrogen-bond donors (Lipinski definition) is 0. The van der Waals surface area contributed by atoms with Crippen LogP contribution in [0.25, 0.3) is 0 Å². The van der Waals surface area contributed by atoms with Crippen molar-refractivity contribution in [2.24, 2.45) is 17.8 Å². The summed E-state index contributed by atoms with van der Waals surface area (Å²) in [6.07, 6.45) is 6.14. The summed E-state index contributed by atoms with van der Waals surface area (Å²) in [4.78, 5) is 23.5. The maximum absolute atomic E-state index is 11.9. The highest BCUT2D eigenvalue weighted by Gasteiger charge is 2.40. The van der Waals surface area contributed by atoms with Crippen LogP contribution in [0.15, 0.2) is 12.2 Å². The average molecular weight is 282 g/mol. The molecular weight excluding hydrogens is 260 g/mol. The van der Waals surface area contributed by atoms with Crippen LogP contribution in [-0.2, 0) is 23.8 Å². The molecule has 112 valence electrons. The predicted octanol–water partition coefficient (Wildman–Crippen LogP) is 2.06. The Bertz CT molecular complexity index is 390. The van der Waals surface area contributed by atoms with Crippen LogP contribution in [0.5, 0.6) is 0 Å². The first-order valence-corrected chi connectivity index (χ1v) is 7.30. The number of carbonyl (C=O) groups excluding carboxylic acids is 2. The van der Waals surface area contributed by atoms with Gasteiger partial charge < -0.3 is 14.2 Å². The molecule has 4 unspecified atom stereocenters. The zero-order valence-corrected chi connectivity index (χ0v) is 12.0. The van der Waals surface area contributed by atoms with Gasteiger partial charge in [0.2, 0.25) is 6.29 Å². The van der Waals surface area contributed by atoms with Gasteiger partial charge in [-0.15, -0.1) is 0 Å². The van der Waals surface area contributed by atoms with Gasteiger partial charge >= 0.3 is 11.9 Å². The molecule has 2 rings (SSSR count). The third-order valence-corrected chi connectivity index (χ3v) is 3.86. The molecule has 0 N–H and O–H groups in total. The molecule has 5 nitrogen and oxygen atoms in total. The van der Waals surface area contributed by atoms with E-state index in [1.54, 1.807) is 0 Å². The van der Waals surface area contributed by atoms with Crippen molar-refractivity contribution >= 4 is 11.9 Å². The van der Waals surface area contributed by atoms with Crippen LogP contribution >= 0.6 is 0 Å². The summed E-state index contributed by atoms with van der Waals surface area (Å²) in [6.45, 7) is 3.84. The van der Waals surface area contributed by atoms with E-state index in [9.17, 15) is 9.59 Å². The van der Waals surface area contributed by atoms with Crippen molar-refractivity contribution in [3.05, 3.63) is 12.2 Å². The van der Waals surface area contributed by atoms with E-state index in [2.05, 4.69) is 12.2 Å². The lowest BCUT2D eigenvalue weighted by molar-refractivity contribution is -0.186. The minimum atomic E-state index is -0.559. The van der Waals surface area contributed by atoms with Crippen molar-refractivity contribution in [2.45, 2.75) is 39.4 Å². The van der Waals surface area contributed by atoms with E-state index in [-0.39, 0.29) is 24.4 Å². The zero-order valence-electron chi connectivity index (χ0n) is 12.0. The first-order chi connectivity index (χ1) is 9.63. The number of esters is 2. The fraction of sp³-hybridized carbons (Fsp3) is 0.733. The predicted molar refractivity (Wildman–Crippen MR) is 71.6 cm³/mol. The highest BCUT2D eigenvalue weighted by molar-refractivity contribution is 5.78. The Morgan fingerprint density at radius 2 is 2.05 bits per heavy atom. The molecule has 1 saturated carbocycles. The Labute approximate surface area is 119 Å². The summed E-state index contributed by atoms with van der Waals surface area (Å²) in [5.74, 6) is -0.144. The van der Waals surface area contributed by atoms with Gasteiger partial charge in [-0.3, -0.25) is 4.79 Å². The molecule has 0 amide bonds. The number of hydrogen-bond acceptors (Lipinski definition) is 5. The van der Waals surface area contributed by atoms with Crippen LogP contribution in [0.3, 0.4) is 0 Å². The highest BCUT2D eigenvalue weighted by atomic mass is 16.7. The molecule has 2 bridgehead atoms. The van der Waals surface area contributed by atoms with Gasteiger partial charge in [0, 0.05) is 13.0 Å². The van der Waals surface area contributed by atoms with Crippen molar-refractivity contribution in [3.8, 4) is 0 Å². The lowest BCUT2D eigenvalue weighted by Crippen LogP contribution is -2.27. The SMILES string of the molecule is CCOC(CC)OC(=O)COC(=O)C1CC2C=CC1C2. The van der Waals surface area contributed by atoms with Crippen molar-refractivity contribution in [1.82, 2.24) is 0 Å². The summed E-state index contributed by atoms with van der Waals surface area (Å²) >= 11 is 0. The molecule has 0 aliphatic heterocycles. The summed E-state index contributed by atoms with van der Waals surface area (Å²) in [5.41, 5.74) is 0. The van der Waals surface area contributed by atoms with Crippen LogP contribution in [0.4, 0.5) is 0 Å². The summed E-state index contributed by atoms with van der Waals surface area (Å²) in [5, 5.41) is 0. The second-order valence-corrected chi connectivity index (χ2v) is 5.28. The highest BCUT2D eigenvalue weighted by Crippen LogP contribution is 2.43. The number of carbonyl (C=O) groups is 2. The van der Waals surface area contributed by atoms with Crippen LogP contribution in [0.2, 0.25) is 0 Å². The van der Waals surface area contributed by atoms with Gasteiger partial charge in [0.1, 0.15) is 0 Å². The van der Waals surface area contributed by atoms with E-state index in [1.807, 2.05) is 13.8 Å². The molecule has 0 spiro atoms. The quantitative estimate of drug-likeness (QED) is 0.406. The van der Waals surface area contributed by atoms with E-state index >= 15 is 0 Å². The topological polar surface area (TPSA) is 61.8 Å². The normalized spacial score (nSPS) is 28.4. The summed E-state index contributed by atoms with van der Waals surface area (Å²) in [7, 11) is 0. The van der Waals surface area contributed by atoms with Gasteiger partial charge in [0.25, 0.3) is 0 Å². The fourth-order valence-electron chi connectivity index (χ4n) is 2.89. The molecule has 2 aliphatic carbocycles. The van der Waals surface area contributed by atoms with Gasteiger partial charge in [0.05, 0.1) is 5.92 Å². The van der Waals surface area contributed by atoms with E-state index in [0.29, 0.717) is 18.9 Å². The zero-order chi connectivity index (χ0) is 14.5. The van der Waals surface area contributed by atoms with Crippen LogP contribution in [0.1, 0.15) is 33.1 Å². The third kappa shape index (κ3) is 3.60. The summed E-state index contributed by atoms with van der Waals surface area (Å²) in [6, 6.07) is 0. The number of allylic oxidation sites excluding steroid dienone is 2. The first kappa shape index (κ1) is 15.0. The van der Waals surface area contributed by atoms with Crippen LogP contribution < -0.4 is 0 Å². The van der Waals surface area contributed by atoms with E-state index < -0.39 is 12.3 Å². The summed E-state index contributed by atoms with van der Waals surface area (Å²) < 4.78 is 15.3. The smallest absolute Gasteiger partial charge is 0.346 e. The maximum atomic E-state index is 11.9. The van der Waals surface area contributed by atoms with Gasteiger partial charge in [-0.25, -0.2) is 4.79 Å². The monoisotopic (exact) mass is 282 g/mol. The van der Waals surface area contributed by atoms with Gasteiger partial charge in [-0.05, 0) is 31.6 Å². The van der Waals surface area contributed by atoms with E-state index in [0.717, 1.165) is 12.8 Å². The average Bonchev–Trinajstić information content (AvgIpc) is 3.06. The Morgan fingerprint density at radius 3 is 2.60 bits per heavy atom. The Morgan fingerprint density at radius 1 is 1.25 bits per heavy atom. The molecule has 0 heterocycles. The molecule has 0 radical (unpaired) electrons. The largest absolute Gasteiger partial charge is 0.453 e. The molecule has 20 heavy (non-hydrogen) atoms. The molecule has 0 aromatic heterocycles. The Balaban J connectivity index is 1.70. The van der Waals surface area contributed by atoms with Gasteiger partial charge in [-0.1, -0.05) is 19.1 Å². The lowest BCUT2D eigenvalue weighted by Gasteiger charge is -2.18. The van der Waals surface area contributed by atoms with E-state index in [4.69, 9.17) is 14.2 Å². The second-order valence-electron chi connectivity index (χ2n) is 5.28. The number of rotatable bonds is 7. The lowest BCUT2D eigenvalue weighted by atomic mass is 9.94. The van der Waals surface area contributed by atoms with Gasteiger partial charge in [0.15, 0.2) is 6.61 Å². The third-order valence-electron chi connectivity index (χ3n) is 3.86. The molecule has 0 saturated heterocycles. The minimum Gasteiger partial charge on any atom is -0.453 e.